The van der Waals surface area contributed by atoms with Crippen LogP contribution in [0.3, 0.4) is 0 Å². The van der Waals surface area contributed by atoms with Gasteiger partial charge in [0, 0.05) is 35.4 Å². The molecule has 9 nitrogen and oxygen atoms in total. The van der Waals surface area contributed by atoms with Crippen molar-refractivity contribution in [3.05, 3.63) is 67.3 Å². The summed E-state index contributed by atoms with van der Waals surface area (Å²) in [5, 5.41) is 22.3. The number of ketones is 1. The minimum atomic E-state index is -0.638. The molecule has 1 fully saturated rings. The van der Waals surface area contributed by atoms with Gasteiger partial charge in [-0.2, -0.15) is 5.26 Å². The maximum atomic E-state index is 13.9. The molecule has 39 heavy (non-hydrogen) atoms. The van der Waals surface area contributed by atoms with Crippen molar-refractivity contribution >= 4 is 33.8 Å². The van der Waals surface area contributed by atoms with Crippen molar-refractivity contribution in [1.29, 1.82) is 5.26 Å². The van der Waals surface area contributed by atoms with Gasteiger partial charge in [0.1, 0.15) is 16.6 Å². The Hall–Kier alpha value is -3.71. The maximum Gasteiger partial charge on any atom is 0.341 e. The molecule has 10 heteroatoms. The Labute approximate surface area is 231 Å². The van der Waals surface area contributed by atoms with Gasteiger partial charge in [-0.25, -0.2) is 4.79 Å². The molecule has 2 N–H and O–H groups in total. The minimum Gasteiger partial charge on any atom is -0.462 e. The lowest BCUT2D eigenvalue weighted by Crippen LogP contribution is -2.57. The first-order valence-corrected chi connectivity index (χ1v) is 14.2. The van der Waals surface area contributed by atoms with E-state index in [0.29, 0.717) is 29.0 Å². The Morgan fingerprint density at radius 3 is 2.62 bits per heavy atom. The third kappa shape index (κ3) is 4.59. The molecule has 2 heterocycles. The van der Waals surface area contributed by atoms with Gasteiger partial charge in [-0.1, -0.05) is 26.0 Å². The number of carbonyl (C=O) groups is 2. The van der Waals surface area contributed by atoms with Crippen LogP contribution in [0.2, 0.25) is 0 Å². The third-order valence-corrected chi connectivity index (χ3v) is 9.46. The minimum absolute atomic E-state index is 0.0175. The molecule has 1 aromatic heterocycles. The molecule has 0 amide bonds. The van der Waals surface area contributed by atoms with E-state index in [9.17, 15) is 25.0 Å². The van der Waals surface area contributed by atoms with E-state index in [1.807, 2.05) is 18.7 Å². The van der Waals surface area contributed by atoms with E-state index in [4.69, 9.17) is 10.5 Å². The summed E-state index contributed by atoms with van der Waals surface area (Å²) in [5.74, 6) is -1.41. The van der Waals surface area contributed by atoms with Gasteiger partial charge in [-0.3, -0.25) is 14.9 Å². The number of nitrogens with two attached hydrogens (primary N) is 1. The molecule has 1 aliphatic heterocycles. The second-order valence-electron chi connectivity index (χ2n) is 11.3. The van der Waals surface area contributed by atoms with Gasteiger partial charge in [-0.05, 0) is 55.6 Å². The zero-order chi connectivity index (χ0) is 28.1. The number of fused-ring (bicyclic) bond motifs is 2. The molecule has 0 bridgehead atoms. The average molecular weight is 549 g/mol. The summed E-state index contributed by atoms with van der Waals surface area (Å²) < 4.78 is 5.49. The highest BCUT2D eigenvalue weighted by Crippen LogP contribution is 2.53. The highest BCUT2D eigenvalue weighted by Gasteiger charge is 2.53. The summed E-state index contributed by atoms with van der Waals surface area (Å²) in [6.07, 6.45) is 4.60. The van der Waals surface area contributed by atoms with Crippen LogP contribution in [0.15, 0.2) is 35.7 Å². The van der Waals surface area contributed by atoms with Gasteiger partial charge in [0.05, 0.1) is 34.7 Å². The summed E-state index contributed by atoms with van der Waals surface area (Å²) in [7, 11) is 0. The number of Topliss-reactive ketones (excluding diaryl/α,β-unsaturated/α-hetero) is 1. The first-order chi connectivity index (χ1) is 18.6. The van der Waals surface area contributed by atoms with Crippen LogP contribution >= 0.6 is 11.3 Å². The lowest BCUT2D eigenvalue weighted by Gasteiger charge is -2.51. The second kappa shape index (κ2) is 10.1. The van der Waals surface area contributed by atoms with Crippen molar-refractivity contribution in [2.45, 2.75) is 71.3 Å². The molecule has 204 valence electrons. The van der Waals surface area contributed by atoms with Crippen LogP contribution in [0.1, 0.15) is 78.7 Å². The highest BCUT2D eigenvalue weighted by molar-refractivity contribution is 7.16. The van der Waals surface area contributed by atoms with Crippen molar-refractivity contribution in [2.24, 2.45) is 17.1 Å². The molecule has 1 aromatic carbocycles. The van der Waals surface area contributed by atoms with E-state index in [2.05, 4.69) is 6.07 Å². The van der Waals surface area contributed by atoms with Crippen LogP contribution in [0.25, 0.3) is 0 Å². The molecule has 1 saturated carbocycles. The predicted octanol–water partition coefficient (Wildman–Crippen LogP) is 5.38. The molecule has 3 atom stereocenters. The summed E-state index contributed by atoms with van der Waals surface area (Å²) in [6, 6.07) is 7.88. The number of rotatable bonds is 5. The molecular weight excluding hydrogens is 516 g/mol. The number of benzene rings is 1. The van der Waals surface area contributed by atoms with E-state index >= 15 is 0 Å². The van der Waals surface area contributed by atoms with Crippen molar-refractivity contribution in [1.82, 2.24) is 0 Å². The highest BCUT2D eigenvalue weighted by atomic mass is 32.1. The normalized spacial score (nSPS) is 24.0. The number of nitrogens with zero attached hydrogens (tertiary/aromatic N) is 3. The van der Waals surface area contributed by atoms with Crippen LogP contribution in [0.5, 0.6) is 0 Å². The van der Waals surface area contributed by atoms with Crippen LogP contribution in [0, 0.1) is 32.8 Å². The van der Waals surface area contributed by atoms with Gasteiger partial charge >= 0.3 is 5.97 Å². The lowest BCUT2D eigenvalue weighted by atomic mass is 9.61. The van der Waals surface area contributed by atoms with E-state index in [-0.39, 0.29) is 34.9 Å². The molecule has 3 aliphatic rings. The monoisotopic (exact) mass is 548 g/mol. The summed E-state index contributed by atoms with van der Waals surface area (Å²) in [5.41, 5.74) is 8.81. The first kappa shape index (κ1) is 26.9. The topological polar surface area (TPSA) is 140 Å². The van der Waals surface area contributed by atoms with Crippen molar-refractivity contribution in [3.8, 4) is 6.07 Å². The molecule has 0 radical (unpaired) electrons. The number of nitro benzene ring substituents is 1. The number of anilines is 1. The number of esters is 1. The van der Waals surface area contributed by atoms with E-state index in [1.54, 1.807) is 19.1 Å². The number of thiophene rings is 1. The number of allylic oxidation sites excluding steroid dienone is 1. The number of ether oxygens (including phenoxy) is 1. The predicted molar refractivity (Wildman–Crippen MR) is 147 cm³/mol. The Bertz CT molecular complexity index is 1420. The molecule has 2 aromatic rings. The molecule has 5 rings (SSSR count). The fourth-order valence-corrected chi connectivity index (χ4v) is 8.02. The number of non-ortho nitro benzene ring substituents is 1. The summed E-state index contributed by atoms with van der Waals surface area (Å²) in [6.45, 7) is 6.10. The van der Waals surface area contributed by atoms with Gasteiger partial charge in [0.2, 0.25) is 0 Å². The quantitative estimate of drug-likeness (QED) is 0.298. The Balaban J connectivity index is 1.74. The second-order valence-corrected chi connectivity index (χ2v) is 12.4. The van der Waals surface area contributed by atoms with Crippen molar-refractivity contribution in [2.75, 3.05) is 11.5 Å². The number of hydrogen-bond donors (Lipinski definition) is 1. The third-order valence-electron chi connectivity index (χ3n) is 8.17. The number of carbonyl (C=O) groups excluding carboxylic acids is 2. The zero-order valence-corrected chi connectivity index (χ0v) is 23.2. The summed E-state index contributed by atoms with van der Waals surface area (Å²) >= 11 is 1.51. The van der Waals surface area contributed by atoms with Gasteiger partial charge in [0.15, 0.2) is 0 Å². The lowest BCUT2D eigenvalue weighted by molar-refractivity contribution is -0.384. The smallest absolute Gasteiger partial charge is 0.341 e. The molecule has 0 saturated heterocycles. The largest absolute Gasteiger partial charge is 0.462 e. The first-order valence-electron chi connectivity index (χ1n) is 13.4. The number of nitro groups is 1. The van der Waals surface area contributed by atoms with Crippen LogP contribution in [-0.4, -0.2) is 29.3 Å². The van der Waals surface area contributed by atoms with Crippen molar-refractivity contribution < 1.29 is 19.2 Å². The number of nitriles is 1. The van der Waals surface area contributed by atoms with Crippen molar-refractivity contribution in [3.63, 3.8) is 0 Å². The Morgan fingerprint density at radius 2 is 1.97 bits per heavy atom. The fourth-order valence-electron chi connectivity index (χ4n) is 6.58. The van der Waals surface area contributed by atoms with E-state index < -0.39 is 28.8 Å². The number of hydrogen-bond acceptors (Lipinski definition) is 9. The van der Waals surface area contributed by atoms with E-state index in [1.165, 1.54) is 23.5 Å². The fraction of sp³-hybridized carbons (Fsp3) is 0.483. The standard InChI is InChI=1S/C29H32N4O5S/c1-4-38-28(35)24-18-7-5-6-8-22(18)39-27(24)32-20-13-29(2,3)14-21(34)25(20)23(19(15-30)26(32)31)16-9-11-17(12-10-16)33(36)37/h9-12,20,23,25H,4-8,13-14,31H2,1-3H3. The Kier molecular flexibility index (Phi) is 6.97. The SMILES string of the molecule is CCOC(=O)c1c(N2C(N)=C(C#N)C(c3ccc([N+](=O)[O-])cc3)C3C(=O)CC(C)(C)CC32)sc2c1CCCC2. The molecule has 2 aliphatic carbocycles. The maximum absolute atomic E-state index is 13.9. The Morgan fingerprint density at radius 1 is 1.28 bits per heavy atom. The van der Waals surface area contributed by atoms with E-state index in [0.717, 1.165) is 36.1 Å². The summed E-state index contributed by atoms with van der Waals surface area (Å²) in [4.78, 5) is 41.0. The average Bonchev–Trinajstić information content (AvgIpc) is 3.26. The number of aryl methyl sites for hydroxylation is 1. The zero-order valence-electron chi connectivity index (χ0n) is 22.4. The van der Waals surface area contributed by atoms with Crippen LogP contribution in [-0.2, 0) is 22.4 Å². The molecule has 3 unspecified atom stereocenters. The van der Waals surface area contributed by atoms with Crippen LogP contribution in [0.4, 0.5) is 10.7 Å². The van der Waals surface area contributed by atoms with Gasteiger partial charge < -0.3 is 15.4 Å². The molecular formula is C29H32N4O5S. The van der Waals surface area contributed by atoms with Crippen LogP contribution < -0.4 is 10.6 Å². The molecule has 0 spiro atoms. The van der Waals surface area contributed by atoms with Gasteiger partial charge in [-0.15, -0.1) is 11.3 Å². The van der Waals surface area contributed by atoms with Gasteiger partial charge in [0.25, 0.3) is 5.69 Å².